The minimum atomic E-state index is 0.535. The standard InChI is InChI=1S/C15H27N3S/c1-16-14(17-11-13-5-6-13)18-9-10-19-15(12-18)7-3-2-4-8-15/h13H,2-12H2,1H3,(H,16,17). The maximum Gasteiger partial charge on any atom is 0.193 e. The van der Waals surface area contributed by atoms with E-state index in [-0.39, 0.29) is 0 Å². The number of hydrogen-bond acceptors (Lipinski definition) is 2. The van der Waals surface area contributed by atoms with Gasteiger partial charge in [0, 0.05) is 37.2 Å². The van der Waals surface area contributed by atoms with Crippen molar-refractivity contribution in [1.29, 1.82) is 0 Å². The molecule has 1 spiro atoms. The molecule has 1 saturated heterocycles. The molecule has 0 unspecified atom stereocenters. The fourth-order valence-corrected chi connectivity index (χ4v) is 4.98. The average molecular weight is 281 g/mol. The van der Waals surface area contributed by atoms with Crippen LogP contribution in [0.25, 0.3) is 0 Å². The van der Waals surface area contributed by atoms with Gasteiger partial charge in [-0.25, -0.2) is 0 Å². The summed E-state index contributed by atoms with van der Waals surface area (Å²) in [7, 11) is 1.94. The van der Waals surface area contributed by atoms with Crippen molar-refractivity contribution in [3.05, 3.63) is 0 Å². The maximum atomic E-state index is 4.51. The Labute approximate surface area is 121 Å². The summed E-state index contributed by atoms with van der Waals surface area (Å²) >= 11 is 2.23. The van der Waals surface area contributed by atoms with Gasteiger partial charge in [-0.2, -0.15) is 11.8 Å². The fourth-order valence-electron chi connectivity index (χ4n) is 3.41. The van der Waals surface area contributed by atoms with Crippen LogP contribution < -0.4 is 5.32 Å². The highest BCUT2D eigenvalue weighted by Crippen LogP contribution is 2.42. The minimum Gasteiger partial charge on any atom is -0.356 e. The molecule has 1 heterocycles. The summed E-state index contributed by atoms with van der Waals surface area (Å²) < 4.78 is 0.535. The zero-order valence-corrected chi connectivity index (χ0v) is 13.0. The molecule has 2 aliphatic carbocycles. The average Bonchev–Trinajstić information content (AvgIpc) is 3.25. The van der Waals surface area contributed by atoms with Crippen molar-refractivity contribution in [3.8, 4) is 0 Å². The molecule has 4 heteroatoms. The minimum absolute atomic E-state index is 0.535. The Morgan fingerprint density at radius 2 is 2.11 bits per heavy atom. The van der Waals surface area contributed by atoms with Gasteiger partial charge in [0.2, 0.25) is 0 Å². The summed E-state index contributed by atoms with van der Waals surface area (Å²) in [6.07, 6.45) is 9.93. The van der Waals surface area contributed by atoms with Crippen LogP contribution in [0.1, 0.15) is 44.9 Å². The zero-order chi connectivity index (χ0) is 13.1. The summed E-state index contributed by atoms with van der Waals surface area (Å²) in [6.45, 7) is 3.50. The summed E-state index contributed by atoms with van der Waals surface area (Å²) in [5.74, 6) is 3.33. The highest BCUT2D eigenvalue weighted by atomic mass is 32.2. The van der Waals surface area contributed by atoms with E-state index in [0.29, 0.717) is 4.75 Å². The Morgan fingerprint density at radius 1 is 1.32 bits per heavy atom. The molecule has 1 N–H and O–H groups in total. The number of nitrogens with one attached hydrogen (secondary N) is 1. The van der Waals surface area contributed by atoms with Gasteiger partial charge in [0.25, 0.3) is 0 Å². The highest BCUT2D eigenvalue weighted by Gasteiger charge is 2.38. The molecule has 2 saturated carbocycles. The Kier molecular flexibility index (Phi) is 4.25. The molecule has 0 amide bonds. The van der Waals surface area contributed by atoms with Gasteiger partial charge in [-0.15, -0.1) is 0 Å². The number of guanidine groups is 1. The Balaban J connectivity index is 1.58. The highest BCUT2D eigenvalue weighted by molar-refractivity contribution is 8.00. The SMILES string of the molecule is CN=C(NCC1CC1)N1CCSC2(CCCCC2)C1. The van der Waals surface area contributed by atoms with Crippen LogP contribution in [0.15, 0.2) is 4.99 Å². The van der Waals surface area contributed by atoms with Crippen LogP contribution in [-0.2, 0) is 0 Å². The number of aliphatic imine (C=N–C) groups is 1. The van der Waals surface area contributed by atoms with Crippen LogP contribution in [0, 0.1) is 5.92 Å². The second-order valence-corrected chi connectivity index (χ2v) is 7.95. The van der Waals surface area contributed by atoms with Crippen molar-refractivity contribution in [2.45, 2.75) is 49.7 Å². The van der Waals surface area contributed by atoms with Crippen LogP contribution in [0.5, 0.6) is 0 Å². The molecule has 0 aromatic carbocycles. The molecule has 19 heavy (non-hydrogen) atoms. The van der Waals surface area contributed by atoms with E-state index in [2.05, 4.69) is 27.0 Å². The number of hydrogen-bond donors (Lipinski definition) is 1. The quantitative estimate of drug-likeness (QED) is 0.623. The lowest BCUT2D eigenvalue weighted by Crippen LogP contribution is -2.53. The van der Waals surface area contributed by atoms with E-state index < -0.39 is 0 Å². The largest absolute Gasteiger partial charge is 0.356 e. The third-order valence-electron chi connectivity index (χ3n) is 4.77. The number of thioether (sulfide) groups is 1. The molecule has 3 rings (SSSR count). The zero-order valence-electron chi connectivity index (χ0n) is 12.2. The van der Waals surface area contributed by atoms with Gasteiger partial charge < -0.3 is 10.2 Å². The third-order valence-corrected chi connectivity index (χ3v) is 6.31. The first-order chi connectivity index (χ1) is 9.31. The molecule has 1 aliphatic heterocycles. The van der Waals surface area contributed by atoms with Gasteiger partial charge in [-0.3, -0.25) is 4.99 Å². The van der Waals surface area contributed by atoms with Crippen LogP contribution in [0.3, 0.4) is 0 Å². The van der Waals surface area contributed by atoms with Crippen molar-refractivity contribution in [2.75, 3.05) is 32.4 Å². The molecule has 0 aromatic heterocycles. The Hall–Kier alpha value is -0.380. The monoisotopic (exact) mass is 281 g/mol. The second kappa shape index (κ2) is 5.94. The van der Waals surface area contributed by atoms with Crippen LogP contribution in [0.2, 0.25) is 0 Å². The van der Waals surface area contributed by atoms with Crippen LogP contribution in [-0.4, -0.2) is 48.0 Å². The normalized spacial score (nSPS) is 27.6. The molecule has 3 fully saturated rings. The lowest BCUT2D eigenvalue weighted by molar-refractivity contribution is 0.293. The van der Waals surface area contributed by atoms with Gasteiger partial charge in [0.15, 0.2) is 5.96 Å². The van der Waals surface area contributed by atoms with Crippen molar-refractivity contribution >= 4 is 17.7 Å². The predicted molar refractivity (Wildman–Crippen MR) is 83.9 cm³/mol. The summed E-state index contributed by atoms with van der Waals surface area (Å²) in [6, 6.07) is 0. The molecule has 0 radical (unpaired) electrons. The molecule has 0 bridgehead atoms. The van der Waals surface area contributed by atoms with Crippen LogP contribution in [0.4, 0.5) is 0 Å². The van der Waals surface area contributed by atoms with Gasteiger partial charge >= 0.3 is 0 Å². The maximum absolute atomic E-state index is 4.51. The van der Waals surface area contributed by atoms with E-state index >= 15 is 0 Å². The van der Waals surface area contributed by atoms with E-state index in [4.69, 9.17) is 0 Å². The van der Waals surface area contributed by atoms with E-state index in [1.165, 1.54) is 57.2 Å². The third kappa shape index (κ3) is 3.39. The molecule has 0 atom stereocenters. The van der Waals surface area contributed by atoms with Crippen LogP contribution >= 0.6 is 11.8 Å². The van der Waals surface area contributed by atoms with Crippen molar-refractivity contribution < 1.29 is 0 Å². The lowest BCUT2D eigenvalue weighted by atomic mass is 9.87. The van der Waals surface area contributed by atoms with E-state index in [0.717, 1.165) is 25.0 Å². The van der Waals surface area contributed by atoms with Gasteiger partial charge in [0.05, 0.1) is 0 Å². The van der Waals surface area contributed by atoms with Gasteiger partial charge in [-0.05, 0) is 31.6 Å². The summed E-state index contributed by atoms with van der Waals surface area (Å²) in [5.41, 5.74) is 0. The molecule has 3 aliphatic rings. The van der Waals surface area contributed by atoms with Gasteiger partial charge in [-0.1, -0.05) is 19.3 Å². The van der Waals surface area contributed by atoms with E-state index in [1.807, 2.05) is 7.05 Å². The first kappa shape index (κ1) is 13.6. The van der Waals surface area contributed by atoms with Crippen molar-refractivity contribution in [2.24, 2.45) is 10.9 Å². The second-order valence-electron chi connectivity index (χ2n) is 6.39. The number of nitrogens with zero attached hydrogens (tertiary/aromatic N) is 2. The molecule has 0 aromatic rings. The molecule has 108 valence electrons. The van der Waals surface area contributed by atoms with E-state index in [9.17, 15) is 0 Å². The summed E-state index contributed by atoms with van der Waals surface area (Å²) in [4.78, 5) is 7.03. The Bertz CT molecular complexity index is 327. The van der Waals surface area contributed by atoms with E-state index in [1.54, 1.807) is 0 Å². The lowest BCUT2D eigenvalue weighted by Gasteiger charge is -2.45. The smallest absolute Gasteiger partial charge is 0.193 e. The Morgan fingerprint density at radius 3 is 2.79 bits per heavy atom. The predicted octanol–water partition coefficient (Wildman–Crippen LogP) is 2.72. The van der Waals surface area contributed by atoms with Crippen molar-refractivity contribution in [3.63, 3.8) is 0 Å². The fraction of sp³-hybridized carbons (Fsp3) is 0.933. The summed E-state index contributed by atoms with van der Waals surface area (Å²) in [5, 5.41) is 3.59. The molecular weight excluding hydrogens is 254 g/mol. The first-order valence-corrected chi connectivity index (χ1v) is 8.89. The van der Waals surface area contributed by atoms with Crippen molar-refractivity contribution in [1.82, 2.24) is 10.2 Å². The van der Waals surface area contributed by atoms with Gasteiger partial charge in [0.1, 0.15) is 0 Å². The topological polar surface area (TPSA) is 27.6 Å². The number of rotatable bonds is 2. The first-order valence-electron chi connectivity index (χ1n) is 7.91. The molecular formula is C15H27N3S. The molecule has 3 nitrogen and oxygen atoms in total.